The Kier molecular flexibility index (Phi) is 5.58. The molecule has 122 valence electrons. The lowest BCUT2D eigenvalue weighted by Gasteiger charge is -2.14. The van der Waals surface area contributed by atoms with Crippen LogP contribution in [0.4, 0.5) is 5.69 Å². The summed E-state index contributed by atoms with van der Waals surface area (Å²) < 4.78 is 5.10. The number of amides is 1. The fourth-order valence-electron chi connectivity index (χ4n) is 1.80. The lowest BCUT2D eigenvalue weighted by Crippen LogP contribution is -2.29. The van der Waals surface area contributed by atoms with Crippen LogP contribution in [0.1, 0.15) is 13.3 Å². The van der Waals surface area contributed by atoms with Gasteiger partial charge in [0.25, 0.3) is 5.56 Å². The number of anilines is 1. The molecule has 0 radical (unpaired) electrons. The van der Waals surface area contributed by atoms with E-state index in [0.29, 0.717) is 17.9 Å². The van der Waals surface area contributed by atoms with Crippen LogP contribution >= 0.6 is 11.8 Å². The second-order valence-corrected chi connectivity index (χ2v) is 5.74. The van der Waals surface area contributed by atoms with Gasteiger partial charge in [-0.25, -0.2) is 9.89 Å². The minimum absolute atomic E-state index is 0.0391. The van der Waals surface area contributed by atoms with Crippen molar-refractivity contribution in [3.05, 3.63) is 45.1 Å². The summed E-state index contributed by atoms with van der Waals surface area (Å²) in [6.45, 7) is 1.82. The van der Waals surface area contributed by atoms with E-state index in [0.717, 1.165) is 11.8 Å². The number of thioether (sulfide) groups is 1. The maximum Gasteiger partial charge on any atom is 0.342 e. The Labute approximate surface area is 135 Å². The normalized spacial score (nSPS) is 11.7. The van der Waals surface area contributed by atoms with Gasteiger partial charge in [0.2, 0.25) is 5.91 Å². The molecule has 9 heteroatoms. The molecule has 1 aromatic heterocycles. The molecule has 0 saturated heterocycles. The number of ether oxygens (including phenoxy) is 1. The lowest BCUT2D eigenvalue weighted by molar-refractivity contribution is -0.115. The van der Waals surface area contributed by atoms with Gasteiger partial charge in [0.15, 0.2) is 5.03 Å². The summed E-state index contributed by atoms with van der Waals surface area (Å²) >= 11 is 0.993. The number of methoxy groups -OCH3 is 1. The molecule has 0 spiro atoms. The van der Waals surface area contributed by atoms with E-state index in [1.54, 1.807) is 31.4 Å². The average Bonchev–Trinajstić information content (AvgIpc) is 2.54. The van der Waals surface area contributed by atoms with E-state index < -0.39 is 16.5 Å². The first kappa shape index (κ1) is 16.8. The van der Waals surface area contributed by atoms with Crippen LogP contribution in [-0.2, 0) is 4.79 Å². The highest BCUT2D eigenvalue weighted by atomic mass is 32.2. The zero-order chi connectivity index (χ0) is 16.8. The zero-order valence-corrected chi connectivity index (χ0v) is 13.4. The number of hydrogen-bond acceptors (Lipinski definition) is 6. The van der Waals surface area contributed by atoms with Crippen LogP contribution in [0.5, 0.6) is 5.75 Å². The van der Waals surface area contributed by atoms with Gasteiger partial charge in [-0.15, -0.1) is 0 Å². The van der Waals surface area contributed by atoms with Crippen molar-refractivity contribution < 1.29 is 9.53 Å². The van der Waals surface area contributed by atoms with Gasteiger partial charge in [-0.1, -0.05) is 24.8 Å². The Bertz CT molecular complexity index is 802. The number of carbonyl (C=O) groups is 1. The Morgan fingerprint density at radius 3 is 2.87 bits per heavy atom. The molecule has 0 aliphatic carbocycles. The van der Waals surface area contributed by atoms with E-state index >= 15 is 0 Å². The molecule has 1 amide bonds. The van der Waals surface area contributed by atoms with Gasteiger partial charge in [-0.05, 0) is 18.6 Å². The number of H-pyrrole nitrogens is 2. The van der Waals surface area contributed by atoms with Crippen LogP contribution in [0.25, 0.3) is 0 Å². The number of benzene rings is 1. The fourth-order valence-corrected chi connectivity index (χ4v) is 2.66. The van der Waals surface area contributed by atoms with Crippen molar-refractivity contribution in [1.29, 1.82) is 0 Å². The molecule has 1 heterocycles. The summed E-state index contributed by atoms with van der Waals surface area (Å²) in [5.74, 6) is 0.361. The van der Waals surface area contributed by atoms with Gasteiger partial charge in [-0.3, -0.25) is 14.6 Å². The average molecular weight is 336 g/mol. The van der Waals surface area contributed by atoms with Crippen molar-refractivity contribution in [2.75, 3.05) is 12.4 Å². The Morgan fingerprint density at radius 1 is 1.43 bits per heavy atom. The van der Waals surface area contributed by atoms with Crippen molar-refractivity contribution in [1.82, 2.24) is 15.2 Å². The van der Waals surface area contributed by atoms with Crippen LogP contribution < -0.4 is 21.3 Å². The first-order valence-corrected chi connectivity index (χ1v) is 7.72. The highest BCUT2D eigenvalue weighted by Crippen LogP contribution is 2.23. The summed E-state index contributed by atoms with van der Waals surface area (Å²) in [6.07, 6.45) is 0.487. The molecule has 1 aromatic carbocycles. The summed E-state index contributed by atoms with van der Waals surface area (Å²) in [6, 6.07) is 6.96. The van der Waals surface area contributed by atoms with Crippen molar-refractivity contribution in [3.63, 3.8) is 0 Å². The smallest absolute Gasteiger partial charge is 0.342 e. The number of aromatic amines is 2. The van der Waals surface area contributed by atoms with Gasteiger partial charge in [0.1, 0.15) is 5.75 Å². The molecule has 0 bridgehead atoms. The third kappa shape index (κ3) is 4.46. The monoisotopic (exact) mass is 336 g/mol. The van der Waals surface area contributed by atoms with E-state index in [2.05, 4.69) is 20.5 Å². The largest absolute Gasteiger partial charge is 0.497 e. The SMILES string of the molecule is CC[C@@H](Sc1n[nH]c(=O)[nH]c1=O)C(=O)Nc1cccc(OC)c1. The summed E-state index contributed by atoms with van der Waals surface area (Å²) in [5.41, 5.74) is -0.712. The predicted molar refractivity (Wildman–Crippen MR) is 87.0 cm³/mol. The zero-order valence-electron chi connectivity index (χ0n) is 12.6. The third-order valence-electron chi connectivity index (χ3n) is 2.93. The second kappa shape index (κ2) is 7.63. The molecule has 0 unspecified atom stereocenters. The van der Waals surface area contributed by atoms with Crippen molar-refractivity contribution in [3.8, 4) is 5.75 Å². The number of hydrogen-bond donors (Lipinski definition) is 3. The van der Waals surface area contributed by atoms with Gasteiger partial charge in [0, 0.05) is 11.8 Å². The predicted octanol–water partition coefficient (Wildman–Crippen LogP) is 0.976. The maximum absolute atomic E-state index is 12.3. The van der Waals surface area contributed by atoms with E-state index in [9.17, 15) is 14.4 Å². The number of nitrogens with one attached hydrogen (secondary N) is 3. The quantitative estimate of drug-likeness (QED) is 0.677. The minimum Gasteiger partial charge on any atom is -0.497 e. The Morgan fingerprint density at radius 2 is 2.22 bits per heavy atom. The van der Waals surface area contributed by atoms with E-state index in [1.165, 1.54) is 0 Å². The number of nitrogens with zero attached hydrogens (tertiary/aromatic N) is 1. The molecule has 0 saturated carbocycles. The Hall–Kier alpha value is -2.55. The van der Waals surface area contributed by atoms with Crippen molar-refractivity contribution >= 4 is 23.4 Å². The molecule has 0 aliphatic heterocycles. The standard InChI is InChI=1S/C14H16N4O4S/c1-3-10(23-13-12(20)16-14(21)18-17-13)11(19)15-8-5-4-6-9(7-8)22-2/h4-7,10H,3H2,1-2H3,(H,15,19)(H2,16,18,20,21)/t10-/m1/s1. The molecule has 2 aromatic rings. The number of carbonyl (C=O) groups excluding carboxylic acids is 1. The lowest BCUT2D eigenvalue weighted by atomic mass is 10.2. The molecular formula is C14H16N4O4S. The van der Waals surface area contributed by atoms with E-state index in [1.807, 2.05) is 6.92 Å². The van der Waals surface area contributed by atoms with Crippen LogP contribution in [0.2, 0.25) is 0 Å². The highest BCUT2D eigenvalue weighted by molar-refractivity contribution is 8.00. The molecule has 1 atom stereocenters. The first-order valence-electron chi connectivity index (χ1n) is 6.84. The van der Waals surface area contributed by atoms with Gasteiger partial charge >= 0.3 is 5.69 Å². The molecular weight excluding hydrogens is 320 g/mol. The van der Waals surface area contributed by atoms with E-state index in [4.69, 9.17) is 4.74 Å². The van der Waals surface area contributed by atoms with Crippen molar-refractivity contribution in [2.45, 2.75) is 23.6 Å². The fraction of sp³-hybridized carbons (Fsp3) is 0.286. The summed E-state index contributed by atoms with van der Waals surface area (Å²) in [7, 11) is 1.54. The van der Waals surface area contributed by atoms with Crippen LogP contribution in [0.15, 0.2) is 38.9 Å². The highest BCUT2D eigenvalue weighted by Gasteiger charge is 2.20. The topological polar surface area (TPSA) is 117 Å². The molecule has 0 aliphatic rings. The molecule has 2 rings (SSSR count). The second-order valence-electron chi connectivity index (χ2n) is 4.55. The van der Waals surface area contributed by atoms with Gasteiger partial charge in [-0.2, -0.15) is 5.10 Å². The van der Waals surface area contributed by atoms with E-state index in [-0.39, 0.29) is 10.9 Å². The van der Waals surface area contributed by atoms with Gasteiger partial charge in [0.05, 0.1) is 12.4 Å². The van der Waals surface area contributed by atoms with Crippen molar-refractivity contribution in [2.24, 2.45) is 0 Å². The third-order valence-corrected chi connectivity index (χ3v) is 4.27. The van der Waals surface area contributed by atoms with Crippen LogP contribution in [0, 0.1) is 0 Å². The molecule has 23 heavy (non-hydrogen) atoms. The number of rotatable bonds is 6. The molecule has 3 N–H and O–H groups in total. The molecule has 0 fully saturated rings. The summed E-state index contributed by atoms with van der Waals surface area (Å²) in [5, 5.41) is 8.09. The maximum atomic E-state index is 12.3. The summed E-state index contributed by atoms with van der Waals surface area (Å²) in [4.78, 5) is 37.0. The number of aromatic nitrogens is 3. The van der Waals surface area contributed by atoms with Gasteiger partial charge < -0.3 is 10.1 Å². The Balaban J connectivity index is 2.11. The first-order chi connectivity index (χ1) is 11.0. The molecule has 8 nitrogen and oxygen atoms in total. The minimum atomic E-state index is -0.687. The van der Waals surface area contributed by atoms with Crippen LogP contribution in [-0.4, -0.2) is 33.4 Å². The van der Waals surface area contributed by atoms with Crippen LogP contribution in [0.3, 0.4) is 0 Å².